The van der Waals surface area contributed by atoms with Gasteiger partial charge >= 0.3 is 0 Å². The lowest BCUT2D eigenvalue weighted by molar-refractivity contribution is -0.134. The van der Waals surface area contributed by atoms with Gasteiger partial charge in [-0.05, 0) is 6.92 Å². The number of hydrogen-bond acceptors (Lipinski definition) is 1. The molecular weight excluding hydrogens is 258 g/mol. The topological polar surface area (TPSA) is 37.3 Å². The number of aliphatic carboxylic acids is 1. The second-order valence-corrected chi connectivity index (χ2v) is 4.40. The fourth-order valence-corrected chi connectivity index (χ4v) is 0.534. The average molecular weight is 272 g/mol. The van der Waals surface area contributed by atoms with Crippen LogP contribution < -0.4 is 0 Å². The SMILES string of the molecule is CC(=O)O.Cc1ccccc1.ClC(Cl)Cl. The van der Waals surface area contributed by atoms with Crippen molar-refractivity contribution in [2.75, 3.05) is 0 Å². The number of halogens is 3. The third-order valence-corrected chi connectivity index (χ3v) is 0.940. The van der Waals surface area contributed by atoms with Crippen LogP contribution >= 0.6 is 34.8 Å². The Balaban J connectivity index is 0. The van der Waals surface area contributed by atoms with Crippen molar-refractivity contribution in [3.63, 3.8) is 0 Å². The molecule has 0 fully saturated rings. The van der Waals surface area contributed by atoms with Gasteiger partial charge in [-0.2, -0.15) is 0 Å². The van der Waals surface area contributed by atoms with E-state index in [1.54, 1.807) is 0 Å². The molecule has 0 spiro atoms. The van der Waals surface area contributed by atoms with E-state index in [1.165, 1.54) is 5.56 Å². The predicted octanol–water partition coefficient (Wildman–Crippen LogP) is 4.07. The van der Waals surface area contributed by atoms with E-state index in [1.807, 2.05) is 18.2 Å². The van der Waals surface area contributed by atoms with Gasteiger partial charge in [0.2, 0.25) is 0 Å². The van der Waals surface area contributed by atoms with Crippen LogP contribution in [-0.4, -0.2) is 15.4 Å². The molecule has 15 heavy (non-hydrogen) atoms. The van der Waals surface area contributed by atoms with Crippen LogP contribution in [0.4, 0.5) is 0 Å². The van der Waals surface area contributed by atoms with E-state index in [0.717, 1.165) is 6.92 Å². The van der Waals surface area contributed by atoms with Gasteiger partial charge in [-0.3, -0.25) is 4.79 Å². The van der Waals surface area contributed by atoms with E-state index in [2.05, 4.69) is 19.1 Å². The molecule has 0 saturated carbocycles. The fourth-order valence-electron chi connectivity index (χ4n) is 0.534. The summed E-state index contributed by atoms with van der Waals surface area (Å²) in [6, 6.07) is 10.3. The number of rotatable bonds is 0. The maximum atomic E-state index is 9.00. The Labute approximate surface area is 105 Å². The smallest absolute Gasteiger partial charge is 0.300 e. The lowest BCUT2D eigenvalue weighted by Gasteiger charge is -1.82. The van der Waals surface area contributed by atoms with Gasteiger partial charge < -0.3 is 5.11 Å². The molecule has 1 rings (SSSR count). The minimum Gasteiger partial charge on any atom is -0.481 e. The second-order valence-electron chi connectivity index (χ2n) is 2.42. The van der Waals surface area contributed by atoms with Crippen molar-refractivity contribution in [2.45, 2.75) is 18.1 Å². The minimum atomic E-state index is -0.833. The normalized spacial score (nSPS) is 8.13. The summed E-state index contributed by atoms with van der Waals surface area (Å²) in [4.78, 5) is 9.00. The molecule has 0 aliphatic carbocycles. The molecule has 2 nitrogen and oxygen atoms in total. The molecule has 86 valence electrons. The van der Waals surface area contributed by atoms with Crippen molar-refractivity contribution in [3.05, 3.63) is 35.9 Å². The molecular formula is C10H13Cl3O2. The highest BCUT2D eigenvalue weighted by atomic mass is 35.6. The lowest BCUT2D eigenvalue weighted by atomic mass is 10.2. The summed E-state index contributed by atoms with van der Waals surface area (Å²) in [7, 11) is 0. The fraction of sp³-hybridized carbons (Fsp3) is 0.300. The maximum Gasteiger partial charge on any atom is 0.300 e. The van der Waals surface area contributed by atoms with E-state index in [9.17, 15) is 0 Å². The largest absolute Gasteiger partial charge is 0.481 e. The van der Waals surface area contributed by atoms with E-state index in [4.69, 9.17) is 44.7 Å². The molecule has 0 aliphatic heterocycles. The van der Waals surface area contributed by atoms with Crippen molar-refractivity contribution in [1.29, 1.82) is 0 Å². The zero-order valence-corrected chi connectivity index (χ0v) is 10.7. The molecule has 0 atom stereocenters. The molecule has 1 aromatic rings. The molecule has 0 saturated heterocycles. The molecule has 5 heteroatoms. The maximum absolute atomic E-state index is 9.00. The van der Waals surface area contributed by atoms with Crippen LogP contribution in [0.25, 0.3) is 0 Å². The summed E-state index contributed by atoms with van der Waals surface area (Å²) < 4.78 is -0.750. The minimum absolute atomic E-state index is 0.750. The molecule has 0 radical (unpaired) electrons. The predicted molar refractivity (Wildman–Crippen MR) is 65.8 cm³/mol. The molecule has 1 aromatic carbocycles. The Morgan fingerprint density at radius 2 is 1.47 bits per heavy atom. The Morgan fingerprint density at radius 3 is 1.60 bits per heavy atom. The van der Waals surface area contributed by atoms with Crippen molar-refractivity contribution >= 4 is 40.8 Å². The van der Waals surface area contributed by atoms with Gasteiger partial charge in [0.1, 0.15) is 0 Å². The quantitative estimate of drug-likeness (QED) is 0.722. The molecule has 0 aliphatic rings. The third-order valence-electron chi connectivity index (χ3n) is 0.940. The number of carbonyl (C=O) groups is 1. The zero-order chi connectivity index (χ0) is 12.3. The van der Waals surface area contributed by atoms with Crippen molar-refractivity contribution in [2.24, 2.45) is 0 Å². The van der Waals surface area contributed by atoms with E-state index in [0.29, 0.717) is 0 Å². The summed E-state index contributed by atoms with van der Waals surface area (Å²) in [5.74, 6) is -0.833. The number of aryl methyl sites for hydroxylation is 1. The first-order chi connectivity index (χ1) is 6.86. The average Bonchev–Trinajstić information content (AvgIpc) is 2.03. The highest BCUT2D eigenvalue weighted by Gasteiger charge is 1.78. The molecule has 0 unspecified atom stereocenters. The molecule has 0 aromatic heterocycles. The first-order valence-corrected chi connectivity index (χ1v) is 5.30. The number of benzene rings is 1. The summed E-state index contributed by atoms with van der Waals surface area (Å²) in [5, 5.41) is 7.42. The van der Waals surface area contributed by atoms with Gasteiger partial charge in [0.25, 0.3) is 5.97 Å². The van der Waals surface area contributed by atoms with Crippen LogP contribution in [0.2, 0.25) is 0 Å². The first kappa shape index (κ1) is 17.0. The van der Waals surface area contributed by atoms with E-state index >= 15 is 0 Å². The van der Waals surface area contributed by atoms with Gasteiger partial charge in [0.05, 0.1) is 0 Å². The van der Waals surface area contributed by atoms with Crippen molar-refractivity contribution < 1.29 is 9.90 Å². The van der Waals surface area contributed by atoms with Crippen LogP contribution in [0.5, 0.6) is 0 Å². The van der Waals surface area contributed by atoms with Crippen LogP contribution in [0, 0.1) is 6.92 Å². The highest BCUT2D eigenvalue weighted by molar-refractivity contribution is 6.63. The van der Waals surface area contributed by atoms with Crippen LogP contribution in [-0.2, 0) is 4.79 Å². The van der Waals surface area contributed by atoms with E-state index < -0.39 is 10.3 Å². The number of carboxylic acids is 1. The molecule has 0 amide bonds. The van der Waals surface area contributed by atoms with Gasteiger partial charge in [-0.15, -0.1) is 0 Å². The standard InChI is InChI=1S/C7H8.C2H4O2.CHCl3/c1-7-5-3-2-4-6-7;1-2(3)4;2-1(3)4/h2-6H,1H3;1H3,(H,3,4);1H. The van der Waals surface area contributed by atoms with Gasteiger partial charge in [0.15, 0.2) is 4.30 Å². The van der Waals surface area contributed by atoms with Crippen LogP contribution in [0.15, 0.2) is 30.3 Å². The molecule has 0 bridgehead atoms. The number of carboxylic acid groups (broad SMARTS) is 1. The summed E-state index contributed by atoms with van der Waals surface area (Å²) in [6.45, 7) is 3.17. The number of hydrogen-bond donors (Lipinski definition) is 1. The molecule has 0 heterocycles. The summed E-state index contributed by atoms with van der Waals surface area (Å²) in [5.41, 5.74) is 1.32. The highest BCUT2D eigenvalue weighted by Crippen LogP contribution is 2.03. The van der Waals surface area contributed by atoms with Gasteiger partial charge in [-0.25, -0.2) is 0 Å². The Bertz CT molecular complexity index is 243. The Morgan fingerprint density at radius 1 is 1.20 bits per heavy atom. The van der Waals surface area contributed by atoms with Crippen molar-refractivity contribution in [1.82, 2.24) is 0 Å². The van der Waals surface area contributed by atoms with Crippen LogP contribution in [0.3, 0.4) is 0 Å². The second kappa shape index (κ2) is 11.6. The number of alkyl halides is 3. The first-order valence-electron chi connectivity index (χ1n) is 3.99. The Hall–Kier alpha value is -0.440. The zero-order valence-electron chi connectivity index (χ0n) is 8.45. The van der Waals surface area contributed by atoms with E-state index in [-0.39, 0.29) is 0 Å². The van der Waals surface area contributed by atoms with Crippen molar-refractivity contribution in [3.8, 4) is 0 Å². The molecule has 1 N–H and O–H groups in total. The lowest BCUT2D eigenvalue weighted by Crippen LogP contribution is -1.78. The Kier molecular flexibility index (Phi) is 13.2. The third kappa shape index (κ3) is 31.7. The summed E-state index contributed by atoms with van der Waals surface area (Å²) >= 11 is 14.4. The summed E-state index contributed by atoms with van der Waals surface area (Å²) in [6.07, 6.45) is 0. The monoisotopic (exact) mass is 270 g/mol. The van der Waals surface area contributed by atoms with Crippen LogP contribution in [0.1, 0.15) is 12.5 Å². The van der Waals surface area contributed by atoms with Gasteiger partial charge in [-0.1, -0.05) is 70.7 Å². The van der Waals surface area contributed by atoms with Gasteiger partial charge in [0, 0.05) is 6.92 Å².